The van der Waals surface area contributed by atoms with Crippen LogP contribution < -0.4 is 23.9 Å². The van der Waals surface area contributed by atoms with E-state index < -0.39 is 42.7 Å². The molecule has 0 amide bonds. The van der Waals surface area contributed by atoms with Crippen LogP contribution in [0, 0.1) is 0 Å². The van der Waals surface area contributed by atoms with Crippen molar-refractivity contribution in [3.8, 4) is 0 Å². The molecule has 0 radical (unpaired) electrons. The molecule has 0 aliphatic carbocycles. The molecule has 160 valence electrons. The van der Waals surface area contributed by atoms with Crippen LogP contribution in [0.15, 0.2) is 60.7 Å². The van der Waals surface area contributed by atoms with Crippen LogP contribution in [0.3, 0.4) is 0 Å². The molecule has 2 aromatic carbocycles. The van der Waals surface area contributed by atoms with Gasteiger partial charge in [0.05, 0.1) is 11.8 Å². The van der Waals surface area contributed by atoms with E-state index >= 15 is 0 Å². The maximum absolute atomic E-state index is 11.0. The molecular formula is C20H22BLiO9. The number of hydrogen-bond donors (Lipinski definition) is 4. The van der Waals surface area contributed by atoms with E-state index in [0.717, 1.165) is 11.1 Å². The molecule has 9 nitrogen and oxygen atoms in total. The van der Waals surface area contributed by atoms with Gasteiger partial charge in [0, 0.05) is 0 Å². The molecule has 0 heterocycles. The van der Waals surface area contributed by atoms with Gasteiger partial charge in [0.25, 0.3) is 0 Å². The zero-order valence-electron chi connectivity index (χ0n) is 17.3. The molecule has 0 bridgehead atoms. The fraction of sp³-hybridized carbons (Fsp3) is 0.200. The summed E-state index contributed by atoms with van der Waals surface area (Å²) in [6.45, 7) is 3.18. The Kier molecular flexibility index (Phi) is 15.7. The van der Waals surface area contributed by atoms with Crippen LogP contribution in [0.5, 0.6) is 0 Å². The normalized spacial score (nSPS) is 11.0. The summed E-state index contributed by atoms with van der Waals surface area (Å²) >= 11 is 0. The molecule has 2 rings (SSSR count). The Labute approximate surface area is 191 Å². The number of carboxylic acid groups (broad SMARTS) is 2. The number of aliphatic carboxylic acids is 2. The van der Waals surface area contributed by atoms with Crippen molar-refractivity contribution in [2.24, 2.45) is 0 Å². The zero-order valence-corrected chi connectivity index (χ0v) is 17.3. The fourth-order valence-corrected chi connectivity index (χ4v) is 2.16. The SMILES string of the molecule is CC(C(=O)C(=O)O)c1ccccc1.CC(C(=O)C(=O)O)c1ccccc1.[Li+].[O-]B(O)O. The topological polar surface area (TPSA) is 172 Å². The Morgan fingerprint density at radius 2 is 0.935 bits per heavy atom. The first-order chi connectivity index (χ1) is 14.0. The first-order valence-corrected chi connectivity index (χ1v) is 8.65. The monoisotopic (exact) mass is 424 g/mol. The number of carboxylic acids is 2. The largest absolute Gasteiger partial charge is 1.00 e. The van der Waals surface area contributed by atoms with Crippen LogP contribution in [0.25, 0.3) is 0 Å². The Hall–Kier alpha value is -2.74. The number of carbonyl (C=O) groups is 4. The van der Waals surface area contributed by atoms with Gasteiger partial charge in [-0.15, -0.1) is 0 Å². The van der Waals surface area contributed by atoms with Crippen LogP contribution in [-0.2, 0) is 19.2 Å². The second-order valence-electron chi connectivity index (χ2n) is 5.93. The van der Waals surface area contributed by atoms with Gasteiger partial charge in [-0.2, -0.15) is 0 Å². The second kappa shape index (κ2) is 16.0. The molecule has 2 aromatic rings. The van der Waals surface area contributed by atoms with E-state index in [9.17, 15) is 19.2 Å². The summed E-state index contributed by atoms with van der Waals surface area (Å²) in [7, 11) is -2.42. The average molecular weight is 424 g/mol. The van der Waals surface area contributed by atoms with Gasteiger partial charge in [-0.25, -0.2) is 9.59 Å². The molecule has 0 fully saturated rings. The van der Waals surface area contributed by atoms with Gasteiger partial charge in [-0.1, -0.05) is 74.5 Å². The van der Waals surface area contributed by atoms with Crippen LogP contribution in [0.4, 0.5) is 0 Å². The van der Waals surface area contributed by atoms with Crippen molar-refractivity contribution in [3.05, 3.63) is 71.8 Å². The number of benzene rings is 2. The van der Waals surface area contributed by atoms with E-state index in [4.69, 9.17) is 25.3 Å². The van der Waals surface area contributed by atoms with Crippen LogP contribution in [-0.4, -0.2) is 51.1 Å². The Morgan fingerprint density at radius 3 is 1.13 bits per heavy atom. The maximum Gasteiger partial charge on any atom is 1.00 e. The summed E-state index contributed by atoms with van der Waals surface area (Å²) in [5.41, 5.74) is 1.46. The minimum atomic E-state index is -2.42. The summed E-state index contributed by atoms with van der Waals surface area (Å²) in [6.07, 6.45) is 0. The van der Waals surface area contributed by atoms with Gasteiger partial charge in [-0.05, 0) is 11.1 Å². The maximum atomic E-state index is 11.0. The van der Waals surface area contributed by atoms with Crippen molar-refractivity contribution in [3.63, 3.8) is 0 Å². The van der Waals surface area contributed by atoms with Gasteiger partial charge < -0.3 is 25.3 Å². The standard InChI is InChI=1S/2C10H10O3.BH2O3.Li/c2*1-7(9(11)10(12)13)8-5-3-2-4-6-8;2-1(3)4;/h2*2-7H,1H3,(H,12,13);2-3H;/q;;-1;+1. The van der Waals surface area contributed by atoms with Gasteiger partial charge in [-0.3, -0.25) is 9.59 Å². The molecule has 31 heavy (non-hydrogen) atoms. The molecular weight excluding hydrogens is 402 g/mol. The van der Waals surface area contributed by atoms with Crippen LogP contribution in [0.2, 0.25) is 0 Å². The minimum absolute atomic E-state index is 0. The van der Waals surface area contributed by atoms with Gasteiger partial charge in [0.15, 0.2) is 0 Å². The van der Waals surface area contributed by atoms with E-state index in [2.05, 4.69) is 0 Å². The van der Waals surface area contributed by atoms with E-state index in [0.29, 0.717) is 0 Å². The van der Waals surface area contributed by atoms with Crippen LogP contribution in [0.1, 0.15) is 36.8 Å². The smallest absolute Gasteiger partial charge is 0.832 e. The molecule has 2 atom stereocenters. The molecule has 0 saturated carbocycles. The predicted molar refractivity (Wildman–Crippen MR) is 105 cm³/mol. The molecule has 0 saturated heterocycles. The van der Waals surface area contributed by atoms with Gasteiger partial charge in [0.1, 0.15) is 0 Å². The summed E-state index contributed by atoms with van der Waals surface area (Å²) < 4.78 is 0. The van der Waals surface area contributed by atoms with Gasteiger partial charge in [0.2, 0.25) is 11.6 Å². The van der Waals surface area contributed by atoms with Crippen molar-refractivity contribution in [2.75, 3.05) is 0 Å². The molecule has 0 aliphatic heterocycles. The molecule has 0 spiro atoms. The molecule has 0 aliphatic rings. The number of rotatable bonds is 6. The number of carbonyl (C=O) groups excluding carboxylic acids is 2. The van der Waals surface area contributed by atoms with E-state index in [1.165, 1.54) is 0 Å². The summed E-state index contributed by atoms with van der Waals surface area (Å²) in [5.74, 6) is -5.44. The molecule has 0 aromatic heterocycles. The predicted octanol–water partition coefficient (Wildman–Crippen LogP) is -2.79. The number of Topliss-reactive ketones (excluding diaryl/α,β-unsaturated/α-hetero) is 2. The summed E-state index contributed by atoms with van der Waals surface area (Å²) in [6, 6.07) is 17.7. The van der Waals surface area contributed by atoms with E-state index in [1.807, 2.05) is 12.1 Å². The average Bonchev–Trinajstić information content (AvgIpc) is 2.72. The second-order valence-corrected chi connectivity index (χ2v) is 5.93. The van der Waals surface area contributed by atoms with Crippen LogP contribution >= 0.6 is 0 Å². The first-order valence-electron chi connectivity index (χ1n) is 8.65. The van der Waals surface area contributed by atoms with E-state index in [-0.39, 0.29) is 18.9 Å². The summed E-state index contributed by atoms with van der Waals surface area (Å²) in [4.78, 5) is 42.8. The first kappa shape index (κ1) is 30.5. The minimum Gasteiger partial charge on any atom is -0.832 e. The molecule has 11 heteroatoms. The van der Waals surface area contributed by atoms with Crippen molar-refractivity contribution in [1.82, 2.24) is 0 Å². The third kappa shape index (κ3) is 12.5. The zero-order chi connectivity index (χ0) is 23.3. The third-order valence-corrected chi connectivity index (χ3v) is 3.81. The molecule has 4 N–H and O–H groups in total. The molecule has 2 unspecified atom stereocenters. The van der Waals surface area contributed by atoms with Crippen molar-refractivity contribution < 1.29 is 63.3 Å². The fourth-order valence-electron chi connectivity index (χ4n) is 2.16. The quantitative estimate of drug-likeness (QED) is 0.282. The Balaban J connectivity index is 0. The summed E-state index contributed by atoms with van der Waals surface area (Å²) in [5, 5.41) is 39.7. The van der Waals surface area contributed by atoms with Gasteiger partial charge >= 0.3 is 38.1 Å². The number of ketones is 2. The Morgan fingerprint density at radius 1 is 0.710 bits per heavy atom. The van der Waals surface area contributed by atoms with E-state index in [1.54, 1.807) is 62.4 Å². The van der Waals surface area contributed by atoms with Crippen molar-refractivity contribution in [1.29, 1.82) is 0 Å². The number of hydrogen-bond acceptors (Lipinski definition) is 7. The Bertz CT molecular complexity index is 759. The third-order valence-electron chi connectivity index (χ3n) is 3.81. The van der Waals surface area contributed by atoms with Crippen molar-refractivity contribution in [2.45, 2.75) is 25.7 Å². The van der Waals surface area contributed by atoms with Crippen molar-refractivity contribution >= 4 is 30.8 Å².